The molecule has 3 N–H and O–H groups in total. The Morgan fingerprint density at radius 1 is 1.14 bits per heavy atom. The summed E-state index contributed by atoms with van der Waals surface area (Å²) in [6.07, 6.45) is -6.35. The lowest BCUT2D eigenvalue weighted by Gasteiger charge is -2.23. The van der Waals surface area contributed by atoms with Gasteiger partial charge in [0.05, 0.1) is 30.3 Å². The summed E-state index contributed by atoms with van der Waals surface area (Å²) in [7, 11) is -2.64. The van der Waals surface area contributed by atoms with Crippen molar-refractivity contribution in [1.29, 1.82) is 0 Å². The molecule has 29 heavy (non-hydrogen) atoms. The van der Waals surface area contributed by atoms with Crippen LogP contribution in [0.5, 0.6) is 5.75 Å². The number of benzene rings is 1. The van der Waals surface area contributed by atoms with Crippen LogP contribution in [0.25, 0.3) is 0 Å². The summed E-state index contributed by atoms with van der Waals surface area (Å²) in [5, 5.41) is 20.3. The SMILES string of the molecule is COc1ccc(S(=O)(=O)N[C@H]2[C@H](O)[C@H](O)C[C@@H]2c2ccc(C(F)(F)F)nc2)cc1. The van der Waals surface area contributed by atoms with Crippen molar-refractivity contribution in [1.82, 2.24) is 9.71 Å². The van der Waals surface area contributed by atoms with Gasteiger partial charge in [0.2, 0.25) is 10.0 Å². The van der Waals surface area contributed by atoms with Gasteiger partial charge in [0.25, 0.3) is 0 Å². The molecule has 0 radical (unpaired) electrons. The summed E-state index contributed by atoms with van der Waals surface area (Å²) < 4.78 is 70.9. The first-order valence-corrected chi connectivity index (χ1v) is 10.1. The van der Waals surface area contributed by atoms with Crippen molar-refractivity contribution >= 4 is 10.0 Å². The van der Waals surface area contributed by atoms with Gasteiger partial charge in [0, 0.05) is 12.1 Å². The fourth-order valence-corrected chi connectivity index (χ4v) is 4.61. The number of nitrogens with zero attached hydrogens (tertiary/aromatic N) is 1. The molecule has 0 saturated heterocycles. The average molecular weight is 432 g/mol. The molecule has 1 aromatic heterocycles. The van der Waals surface area contributed by atoms with Crippen molar-refractivity contribution in [2.45, 2.75) is 41.7 Å². The van der Waals surface area contributed by atoms with Gasteiger partial charge in [0.1, 0.15) is 11.4 Å². The Balaban J connectivity index is 1.87. The maximum atomic E-state index is 12.7. The lowest BCUT2D eigenvalue weighted by molar-refractivity contribution is -0.141. The van der Waals surface area contributed by atoms with Crippen molar-refractivity contribution in [2.24, 2.45) is 0 Å². The number of pyridine rings is 1. The third-order valence-corrected chi connectivity index (χ3v) is 6.33. The van der Waals surface area contributed by atoms with Gasteiger partial charge in [0.15, 0.2) is 0 Å². The summed E-state index contributed by atoms with van der Waals surface area (Å²) in [5.41, 5.74) is -0.813. The van der Waals surface area contributed by atoms with Crippen LogP contribution in [0.2, 0.25) is 0 Å². The monoisotopic (exact) mass is 432 g/mol. The van der Waals surface area contributed by atoms with E-state index in [0.29, 0.717) is 5.75 Å². The zero-order chi connectivity index (χ0) is 21.4. The maximum Gasteiger partial charge on any atom is 0.433 e. The molecule has 1 aliphatic rings. The zero-order valence-electron chi connectivity index (χ0n) is 15.2. The van der Waals surface area contributed by atoms with E-state index in [1.165, 1.54) is 37.4 Å². The van der Waals surface area contributed by atoms with Crippen LogP contribution in [0.3, 0.4) is 0 Å². The van der Waals surface area contributed by atoms with Crippen LogP contribution < -0.4 is 9.46 Å². The molecule has 3 rings (SSSR count). The highest BCUT2D eigenvalue weighted by molar-refractivity contribution is 7.89. The second-order valence-corrected chi connectivity index (χ2v) is 8.41. The number of aromatic nitrogens is 1. The smallest absolute Gasteiger partial charge is 0.433 e. The second kappa shape index (κ2) is 7.90. The van der Waals surface area contributed by atoms with Gasteiger partial charge in [-0.1, -0.05) is 6.07 Å². The van der Waals surface area contributed by atoms with Crippen LogP contribution in [0.4, 0.5) is 13.2 Å². The van der Waals surface area contributed by atoms with Gasteiger partial charge >= 0.3 is 6.18 Å². The number of alkyl halides is 3. The molecule has 0 amide bonds. The normalized spacial score (nSPS) is 25.2. The second-order valence-electron chi connectivity index (χ2n) is 6.70. The number of rotatable bonds is 5. The summed E-state index contributed by atoms with van der Waals surface area (Å²) in [6, 6.07) is 6.33. The van der Waals surface area contributed by atoms with E-state index in [1.807, 2.05) is 0 Å². The molecule has 1 aliphatic carbocycles. The molecule has 4 atom stereocenters. The number of nitrogens with one attached hydrogen (secondary N) is 1. The van der Waals surface area contributed by atoms with Gasteiger partial charge in [-0.2, -0.15) is 13.2 Å². The maximum absolute atomic E-state index is 12.7. The quantitative estimate of drug-likeness (QED) is 0.663. The Bertz CT molecular complexity index is 949. The number of ether oxygens (including phenoxy) is 1. The van der Waals surface area contributed by atoms with E-state index < -0.39 is 46.1 Å². The number of sulfonamides is 1. The molecule has 2 aromatic rings. The van der Waals surface area contributed by atoms with Crippen LogP contribution in [0, 0.1) is 0 Å². The van der Waals surface area contributed by atoms with Crippen molar-refractivity contribution < 1.29 is 36.5 Å². The highest BCUT2D eigenvalue weighted by atomic mass is 32.2. The summed E-state index contributed by atoms with van der Waals surface area (Å²) in [6.45, 7) is 0. The summed E-state index contributed by atoms with van der Waals surface area (Å²) in [5.74, 6) is -0.309. The van der Waals surface area contributed by atoms with E-state index in [2.05, 4.69) is 9.71 Å². The largest absolute Gasteiger partial charge is 0.497 e. The molecule has 1 aromatic carbocycles. The van der Waals surface area contributed by atoms with Crippen molar-refractivity contribution in [3.05, 3.63) is 53.9 Å². The third-order valence-electron chi connectivity index (χ3n) is 4.86. The van der Waals surface area contributed by atoms with Crippen LogP contribution in [0.1, 0.15) is 23.6 Å². The number of aliphatic hydroxyl groups is 2. The number of aliphatic hydroxyl groups excluding tert-OH is 2. The highest BCUT2D eigenvalue weighted by Gasteiger charge is 2.45. The number of halogens is 3. The van der Waals surface area contributed by atoms with Crippen molar-refractivity contribution in [2.75, 3.05) is 7.11 Å². The molecule has 0 bridgehead atoms. The first kappa shape index (κ1) is 21.5. The van der Waals surface area contributed by atoms with E-state index in [9.17, 15) is 31.8 Å². The van der Waals surface area contributed by atoms with Gasteiger partial charge in [-0.3, -0.25) is 4.98 Å². The van der Waals surface area contributed by atoms with E-state index >= 15 is 0 Å². The summed E-state index contributed by atoms with van der Waals surface area (Å²) in [4.78, 5) is 3.29. The summed E-state index contributed by atoms with van der Waals surface area (Å²) >= 11 is 0. The molecular weight excluding hydrogens is 413 g/mol. The number of methoxy groups -OCH3 is 1. The van der Waals surface area contributed by atoms with Crippen LogP contribution in [-0.4, -0.2) is 49.0 Å². The lowest BCUT2D eigenvalue weighted by Crippen LogP contribution is -2.45. The molecule has 0 aliphatic heterocycles. The molecule has 1 fully saturated rings. The molecule has 0 unspecified atom stereocenters. The number of hydrogen-bond donors (Lipinski definition) is 3. The molecular formula is C18H19F3N2O5S. The van der Waals surface area contributed by atoms with Gasteiger partial charge in [-0.25, -0.2) is 13.1 Å². The molecule has 158 valence electrons. The van der Waals surface area contributed by atoms with Gasteiger partial charge in [-0.05, 0) is 42.3 Å². The van der Waals surface area contributed by atoms with E-state index in [4.69, 9.17) is 4.74 Å². The molecule has 0 spiro atoms. The fourth-order valence-electron chi connectivity index (χ4n) is 3.31. The van der Waals surface area contributed by atoms with E-state index in [0.717, 1.165) is 12.3 Å². The predicted octanol–water partition coefficient (Wildman–Crippen LogP) is 1.67. The molecule has 7 nitrogen and oxygen atoms in total. The zero-order valence-corrected chi connectivity index (χ0v) is 16.0. The topological polar surface area (TPSA) is 109 Å². The molecule has 1 heterocycles. The fraction of sp³-hybridized carbons (Fsp3) is 0.389. The predicted molar refractivity (Wildman–Crippen MR) is 95.7 cm³/mol. The first-order valence-electron chi connectivity index (χ1n) is 8.58. The highest BCUT2D eigenvalue weighted by Crippen LogP contribution is 2.37. The van der Waals surface area contributed by atoms with E-state index in [-0.39, 0.29) is 16.9 Å². The molecule has 1 saturated carbocycles. The Hall–Kier alpha value is -2.21. The first-order chi connectivity index (χ1) is 13.5. The van der Waals surface area contributed by atoms with Crippen LogP contribution in [0.15, 0.2) is 47.5 Å². The Kier molecular flexibility index (Phi) is 5.86. The van der Waals surface area contributed by atoms with E-state index in [1.54, 1.807) is 0 Å². The molecule has 11 heteroatoms. The lowest BCUT2D eigenvalue weighted by atomic mass is 9.95. The van der Waals surface area contributed by atoms with Crippen molar-refractivity contribution in [3.8, 4) is 5.75 Å². The van der Waals surface area contributed by atoms with Crippen LogP contribution in [-0.2, 0) is 16.2 Å². The van der Waals surface area contributed by atoms with Crippen LogP contribution >= 0.6 is 0 Å². The van der Waals surface area contributed by atoms with Crippen molar-refractivity contribution in [3.63, 3.8) is 0 Å². The minimum atomic E-state index is -4.61. The van der Waals surface area contributed by atoms with Gasteiger partial charge < -0.3 is 14.9 Å². The number of hydrogen-bond acceptors (Lipinski definition) is 6. The Morgan fingerprint density at radius 3 is 2.31 bits per heavy atom. The Morgan fingerprint density at radius 2 is 1.79 bits per heavy atom. The average Bonchev–Trinajstić information content (AvgIpc) is 2.95. The van der Waals surface area contributed by atoms with Gasteiger partial charge in [-0.15, -0.1) is 0 Å². The Labute approximate surface area is 165 Å². The minimum absolute atomic E-state index is 0.0377. The third kappa shape index (κ3) is 4.53. The standard InChI is InChI=1S/C18H19F3N2O5S/c1-28-11-3-5-12(6-4-11)29(26,27)23-16-13(8-14(24)17(16)25)10-2-7-15(22-9-10)18(19,20)21/h2-7,9,13-14,16-17,23-25H,8H2,1H3/t13-,14-,16-,17-/m1/s1. The minimum Gasteiger partial charge on any atom is -0.497 e.